The number of rotatable bonds is 5. The van der Waals surface area contributed by atoms with Crippen molar-refractivity contribution in [2.24, 2.45) is 0 Å². The molecule has 1 N–H and O–H groups in total. The average molecular weight is 360 g/mol. The maximum absolute atomic E-state index is 13.6. The number of ether oxygens (including phenoxy) is 1. The maximum Gasteiger partial charge on any atom is 0.126 e. The van der Waals surface area contributed by atoms with Crippen molar-refractivity contribution in [2.75, 3.05) is 6.61 Å². The lowest BCUT2D eigenvalue weighted by molar-refractivity contribution is 0.107. The van der Waals surface area contributed by atoms with Gasteiger partial charge >= 0.3 is 0 Å². The second-order valence-electron chi connectivity index (χ2n) is 4.36. The maximum atomic E-state index is 13.6. The Morgan fingerprint density at radius 1 is 1.20 bits per heavy atom. The zero-order valence-electron chi connectivity index (χ0n) is 10.5. The SMILES string of the molecule is OC(COc1ccc(Cl)cc1)Cc1cc(Br)ccc1F. The van der Waals surface area contributed by atoms with Gasteiger partial charge in [-0.25, -0.2) is 4.39 Å². The summed E-state index contributed by atoms with van der Waals surface area (Å²) >= 11 is 9.04. The summed E-state index contributed by atoms with van der Waals surface area (Å²) in [6.45, 7) is 0.0909. The molecule has 2 rings (SSSR count). The van der Waals surface area contributed by atoms with Crippen molar-refractivity contribution in [1.29, 1.82) is 0 Å². The third-order valence-corrected chi connectivity index (χ3v) is 3.46. The first-order chi connectivity index (χ1) is 9.54. The van der Waals surface area contributed by atoms with Gasteiger partial charge in [0.2, 0.25) is 0 Å². The number of halogens is 3. The van der Waals surface area contributed by atoms with Crippen LogP contribution in [0.5, 0.6) is 5.75 Å². The monoisotopic (exact) mass is 358 g/mol. The normalized spacial score (nSPS) is 12.2. The molecule has 20 heavy (non-hydrogen) atoms. The Balaban J connectivity index is 1.90. The highest BCUT2D eigenvalue weighted by atomic mass is 79.9. The van der Waals surface area contributed by atoms with E-state index in [1.54, 1.807) is 36.4 Å². The van der Waals surface area contributed by atoms with Crippen molar-refractivity contribution in [2.45, 2.75) is 12.5 Å². The molecule has 0 amide bonds. The topological polar surface area (TPSA) is 29.5 Å². The molecule has 0 spiro atoms. The number of hydrogen-bond acceptors (Lipinski definition) is 2. The molecule has 0 radical (unpaired) electrons. The third kappa shape index (κ3) is 4.47. The summed E-state index contributed by atoms with van der Waals surface area (Å²) in [5.74, 6) is 0.280. The fourth-order valence-corrected chi connectivity index (χ4v) is 2.27. The molecule has 1 atom stereocenters. The molecule has 2 aromatic rings. The van der Waals surface area contributed by atoms with Crippen LogP contribution in [0.25, 0.3) is 0 Å². The Kier molecular flexibility index (Phi) is 5.40. The minimum Gasteiger partial charge on any atom is -0.491 e. The van der Waals surface area contributed by atoms with E-state index in [-0.39, 0.29) is 18.8 Å². The second kappa shape index (κ2) is 7.07. The summed E-state index contributed by atoms with van der Waals surface area (Å²) in [7, 11) is 0. The van der Waals surface area contributed by atoms with E-state index in [9.17, 15) is 9.50 Å². The number of hydrogen-bond donors (Lipinski definition) is 1. The molecule has 2 nitrogen and oxygen atoms in total. The molecule has 0 saturated heterocycles. The molecule has 0 aromatic heterocycles. The van der Waals surface area contributed by atoms with Crippen molar-refractivity contribution in [3.8, 4) is 5.75 Å². The summed E-state index contributed by atoms with van der Waals surface area (Å²) in [4.78, 5) is 0. The standard InChI is InChI=1S/C15H13BrClFO2/c16-11-1-6-15(18)10(7-11)8-13(19)9-20-14-4-2-12(17)3-5-14/h1-7,13,19H,8-9H2. The fraction of sp³-hybridized carbons (Fsp3) is 0.200. The summed E-state index contributed by atoms with van der Waals surface area (Å²) in [5, 5.41) is 10.5. The lowest BCUT2D eigenvalue weighted by atomic mass is 10.1. The number of aliphatic hydroxyl groups is 1. The zero-order chi connectivity index (χ0) is 14.5. The molecular formula is C15H13BrClFO2. The predicted molar refractivity (Wildman–Crippen MR) is 80.8 cm³/mol. The van der Waals surface area contributed by atoms with Gasteiger partial charge in [0.15, 0.2) is 0 Å². The average Bonchev–Trinajstić information content (AvgIpc) is 2.42. The smallest absolute Gasteiger partial charge is 0.126 e. The Hall–Kier alpha value is -1.10. The van der Waals surface area contributed by atoms with Crippen molar-refractivity contribution in [3.63, 3.8) is 0 Å². The van der Waals surface area contributed by atoms with Gasteiger partial charge in [-0.2, -0.15) is 0 Å². The van der Waals surface area contributed by atoms with E-state index in [2.05, 4.69) is 15.9 Å². The lowest BCUT2D eigenvalue weighted by Crippen LogP contribution is -2.20. The van der Waals surface area contributed by atoms with E-state index >= 15 is 0 Å². The molecule has 2 aromatic carbocycles. The highest BCUT2D eigenvalue weighted by molar-refractivity contribution is 9.10. The first-order valence-corrected chi connectivity index (χ1v) is 7.22. The highest BCUT2D eigenvalue weighted by Crippen LogP contribution is 2.18. The zero-order valence-corrected chi connectivity index (χ0v) is 12.9. The second-order valence-corrected chi connectivity index (χ2v) is 5.71. The Labute approximate surface area is 130 Å². The van der Waals surface area contributed by atoms with Crippen LogP contribution in [-0.4, -0.2) is 17.8 Å². The molecule has 0 bridgehead atoms. The van der Waals surface area contributed by atoms with Gasteiger partial charge in [-0.3, -0.25) is 0 Å². The first-order valence-electron chi connectivity index (χ1n) is 6.05. The van der Waals surface area contributed by atoms with E-state index in [4.69, 9.17) is 16.3 Å². The van der Waals surface area contributed by atoms with Crippen LogP contribution in [0.2, 0.25) is 5.02 Å². The lowest BCUT2D eigenvalue weighted by Gasteiger charge is -2.13. The quantitative estimate of drug-likeness (QED) is 0.866. The van der Waals surface area contributed by atoms with Crippen LogP contribution in [0.15, 0.2) is 46.9 Å². The van der Waals surface area contributed by atoms with Crippen LogP contribution < -0.4 is 4.74 Å². The van der Waals surface area contributed by atoms with Gasteiger partial charge in [-0.05, 0) is 48.0 Å². The molecule has 1 unspecified atom stereocenters. The van der Waals surface area contributed by atoms with Gasteiger partial charge in [0, 0.05) is 15.9 Å². The molecule has 0 heterocycles. The minimum atomic E-state index is -0.783. The highest BCUT2D eigenvalue weighted by Gasteiger charge is 2.11. The van der Waals surface area contributed by atoms with Gasteiger partial charge in [0.25, 0.3) is 0 Å². The summed E-state index contributed by atoms with van der Waals surface area (Å²) in [6.07, 6.45) is -0.590. The number of benzene rings is 2. The van der Waals surface area contributed by atoms with Gasteiger partial charge in [-0.1, -0.05) is 27.5 Å². The van der Waals surface area contributed by atoms with Crippen LogP contribution in [-0.2, 0) is 6.42 Å². The van der Waals surface area contributed by atoms with Gasteiger partial charge < -0.3 is 9.84 Å². The van der Waals surface area contributed by atoms with Gasteiger partial charge in [-0.15, -0.1) is 0 Å². The van der Waals surface area contributed by atoms with E-state index in [0.717, 1.165) is 4.47 Å². The van der Waals surface area contributed by atoms with E-state index in [1.165, 1.54) is 6.07 Å². The van der Waals surface area contributed by atoms with Crippen molar-refractivity contribution in [3.05, 3.63) is 63.3 Å². The number of aliphatic hydroxyl groups excluding tert-OH is 1. The van der Waals surface area contributed by atoms with Gasteiger partial charge in [0.05, 0.1) is 6.10 Å². The Morgan fingerprint density at radius 3 is 2.60 bits per heavy atom. The molecular weight excluding hydrogens is 347 g/mol. The molecule has 0 aliphatic carbocycles. The van der Waals surface area contributed by atoms with E-state index < -0.39 is 6.10 Å². The van der Waals surface area contributed by atoms with Crippen LogP contribution in [0.1, 0.15) is 5.56 Å². The first kappa shape index (κ1) is 15.3. The van der Waals surface area contributed by atoms with E-state index in [1.807, 2.05) is 0 Å². The van der Waals surface area contributed by atoms with Gasteiger partial charge in [0.1, 0.15) is 18.2 Å². The summed E-state index contributed by atoms with van der Waals surface area (Å²) in [5.41, 5.74) is 0.451. The minimum absolute atomic E-state index is 0.0909. The molecule has 0 saturated carbocycles. The van der Waals surface area contributed by atoms with Crippen LogP contribution in [0.4, 0.5) is 4.39 Å². The molecule has 0 fully saturated rings. The fourth-order valence-electron chi connectivity index (χ4n) is 1.74. The Bertz CT molecular complexity index is 575. The molecule has 0 aliphatic rings. The van der Waals surface area contributed by atoms with Crippen molar-refractivity contribution in [1.82, 2.24) is 0 Å². The van der Waals surface area contributed by atoms with Crippen LogP contribution >= 0.6 is 27.5 Å². The largest absolute Gasteiger partial charge is 0.491 e. The molecule has 106 valence electrons. The summed E-state index contributed by atoms with van der Waals surface area (Å²) < 4.78 is 19.7. The Morgan fingerprint density at radius 2 is 1.90 bits per heavy atom. The van der Waals surface area contributed by atoms with Crippen LogP contribution in [0.3, 0.4) is 0 Å². The molecule has 5 heteroatoms. The van der Waals surface area contributed by atoms with Crippen LogP contribution in [0, 0.1) is 5.82 Å². The molecule has 0 aliphatic heterocycles. The predicted octanol–water partition coefficient (Wildman–Crippen LogP) is 4.22. The summed E-state index contributed by atoms with van der Waals surface area (Å²) in [6, 6.07) is 11.5. The third-order valence-electron chi connectivity index (χ3n) is 2.72. The van der Waals surface area contributed by atoms with E-state index in [0.29, 0.717) is 16.3 Å². The van der Waals surface area contributed by atoms with Crippen molar-refractivity contribution >= 4 is 27.5 Å². The van der Waals surface area contributed by atoms with Crippen molar-refractivity contribution < 1.29 is 14.2 Å².